The number of rotatable bonds is 4. The van der Waals surface area contributed by atoms with Crippen molar-refractivity contribution in [3.8, 4) is 0 Å². The fourth-order valence-corrected chi connectivity index (χ4v) is 2.74. The molecule has 6 heteroatoms. The van der Waals surface area contributed by atoms with Crippen LogP contribution in [0.5, 0.6) is 0 Å². The molecule has 1 saturated heterocycles. The molecular weight excluding hydrogens is 322 g/mol. The summed E-state index contributed by atoms with van der Waals surface area (Å²) in [6.45, 7) is 2.36. The van der Waals surface area contributed by atoms with Gasteiger partial charge in [0.25, 0.3) is 5.91 Å². The summed E-state index contributed by atoms with van der Waals surface area (Å²) in [6, 6.07) is 1.81. The molecule has 0 aliphatic carbocycles. The van der Waals surface area contributed by atoms with Gasteiger partial charge in [-0.1, -0.05) is 0 Å². The second-order valence-corrected chi connectivity index (χ2v) is 5.96. The molecule has 0 atom stereocenters. The van der Waals surface area contributed by atoms with E-state index in [-0.39, 0.29) is 5.91 Å². The molecule has 1 amide bonds. The summed E-state index contributed by atoms with van der Waals surface area (Å²) >= 11 is 3.36. The number of nitrogens with zero attached hydrogens (tertiary/aromatic N) is 2. The third-order valence-corrected chi connectivity index (χ3v) is 3.97. The predicted molar refractivity (Wildman–Crippen MR) is 82.0 cm³/mol. The van der Waals surface area contributed by atoms with E-state index in [1.165, 1.54) is 0 Å². The fourth-order valence-electron chi connectivity index (χ4n) is 2.41. The first-order valence-corrected chi connectivity index (χ1v) is 7.57. The number of nitrogens with one attached hydrogen (secondary N) is 1. The van der Waals surface area contributed by atoms with Gasteiger partial charge < -0.3 is 15.0 Å². The summed E-state index contributed by atoms with van der Waals surface area (Å²) in [5.41, 5.74) is 0.594. The molecule has 0 spiro atoms. The van der Waals surface area contributed by atoms with Crippen LogP contribution in [0.25, 0.3) is 0 Å². The molecule has 0 aromatic carbocycles. The highest BCUT2D eigenvalue weighted by Crippen LogP contribution is 2.21. The van der Waals surface area contributed by atoms with Gasteiger partial charge in [-0.2, -0.15) is 0 Å². The Hall–Kier alpha value is -1.14. The number of hydrogen-bond donors (Lipinski definition) is 1. The monoisotopic (exact) mass is 341 g/mol. The molecule has 1 aliphatic rings. The molecule has 0 bridgehead atoms. The summed E-state index contributed by atoms with van der Waals surface area (Å²) in [4.78, 5) is 18.5. The maximum atomic E-state index is 12.5. The highest BCUT2D eigenvalue weighted by atomic mass is 79.9. The molecule has 20 heavy (non-hydrogen) atoms. The van der Waals surface area contributed by atoms with Crippen molar-refractivity contribution in [3.05, 3.63) is 22.3 Å². The van der Waals surface area contributed by atoms with E-state index in [0.29, 0.717) is 17.3 Å². The first kappa shape index (κ1) is 15.3. The summed E-state index contributed by atoms with van der Waals surface area (Å²) in [6.07, 6.45) is 3.72. The van der Waals surface area contributed by atoms with Crippen LogP contribution >= 0.6 is 15.9 Å². The van der Waals surface area contributed by atoms with Crippen molar-refractivity contribution >= 4 is 27.7 Å². The number of pyridine rings is 1. The molecule has 1 aromatic heterocycles. The van der Waals surface area contributed by atoms with Gasteiger partial charge in [-0.25, -0.2) is 4.98 Å². The van der Waals surface area contributed by atoms with Gasteiger partial charge in [0.15, 0.2) is 0 Å². The standard InChI is InChI=1S/C14H20BrN3O2/c1-16-13-12(7-11(15)8-17-13)14(19)18(2)9-10-3-5-20-6-4-10/h7-8,10H,3-6,9H2,1-2H3,(H,16,17). The van der Waals surface area contributed by atoms with Crippen molar-refractivity contribution in [1.82, 2.24) is 9.88 Å². The van der Waals surface area contributed by atoms with Crippen LogP contribution in [0.15, 0.2) is 16.7 Å². The number of anilines is 1. The van der Waals surface area contributed by atoms with E-state index in [9.17, 15) is 4.79 Å². The zero-order chi connectivity index (χ0) is 14.5. The van der Waals surface area contributed by atoms with E-state index in [2.05, 4.69) is 26.2 Å². The molecule has 1 aromatic rings. The van der Waals surface area contributed by atoms with Crippen molar-refractivity contribution in [2.45, 2.75) is 12.8 Å². The Labute approximate surface area is 127 Å². The molecule has 2 rings (SSSR count). The van der Waals surface area contributed by atoms with Crippen molar-refractivity contribution in [2.24, 2.45) is 5.92 Å². The van der Waals surface area contributed by atoms with Gasteiger partial charge in [0.05, 0.1) is 5.56 Å². The average molecular weight is 342 g/mol. The van der Waals surface area contributed by atoms with Crippen molar-refractivity contribution in [1.29, 1.82) is 0 Å². The number of halogens is 1. The van der Waals surface area contributed by atoms with Crippen LogP contribution < -0.4 is 5.32 Å². The lowest BCUT2D eigenvalue weighted by atomic mass is 9.99. The van der Waals surface area contributed by atoms with E-state index in [1.807, 2.05) is 13.1 Å². The topological polar surface area (TPSA) is 54.5 Å². The highest BCUT2D eigenvalue weighted by molar-refractivity contribution is 9.10. The van der Waals surface area contributed by atoms with Crippen LogP contribution in [-0.2, 0) is 4.74 Å². The van der Waals surface area contributed by atoms with Crippen molar-refractivity contribution < 1.29 is 9.53 Å². The zero-order valence-corrected chi connectivity index (χ0v) is 13.4. The Bertz CT molecular complexity index is 475. The highest BCUT2D eigenvalue weighted by Gasteiger charge is 2.21. The Kier molecular flexibility index (Phi) is 5.37. The van der Waals surface area contributed by atoms with E-state index < -0.39 is 0 Å². The summed E-state index contributed by atoms with van der Waals surface area (Å²) in [5.74, 6) is 1.13. The van der Waals surface area contributed by atoms with Gasteiger partial charge in [0.1, 0.15) is 5.82 Å². The molecule has 1 fully saturated rings. The van der Waals surface area contributed by atoms with Crippen molar-refractivity contribution in [2.75, 3.05) is 39.2 Å². The molecule has 110 valence electrons. The van der Waals surface area contributed by atoms with Gasteiger partial charge in [0, 0.05) is 44.5 Å². The minimum Gasteiger partial charge on any atom is -0.381 e. The van der Waals surface area contributed by atoms with Crippen LogP contribution in [0.1, 0.15) is 23.2 Å². The van der Waals surface area contributed by atoms with Crippen LogP contribution in [0.2, 0.25) is 0 Å². The van der Waals surface area contributed by atoms with Gasteiger partial charge in [-0.3, -0.25) is 4.79 Å². The maximum absolute atomic E-state index is 12.5. The van der Waals surface area contributed by atoms with Gasteiger partial charge in [-0.15, -0.1) is 0 Å². The Morgan fingerprint density at radius 3 is 2.90 bits per heavy atom. The Balaban J connectivity index is 2.07. The van der Waals surface area contributed by atoms with Gasteiger partial charge in [0.2, 0.25) is 0 Å². The number of carbonyl (C=O) groups excluding carboxylic acids is 1. The lowest BCUT2D eigenvalue weighted by Crippen LogP contribution is -2.34. The molecule has 1 N–H and O–H groups in total. The van der Waals surface area contributed by atoms with Gasteiger partial charge >= 0.3 is 0 Å². The minimum absolute atomic E-state index is 0.00496. The van der Waals surface area contributed by atoms with Crippen LogP contribution in [0.3, 0.4) is 0 Å². The van der Waals surface area contributed by atoms with Crippen LogP contribution in [0, 0.1) is 5.92 Å². The third-order valence-electron chi connectivity index (χ3n) is 3.54. The molecular formula is C14H20BrN3O2. The quantitative estimate of drug-likeness (QED) is 0.913. The zero-order valence-electron chi connectivity index (χ0n) is 11.9. The number of hydrogen-bond acceptors (Lipinski definition) is 4. The first-order chi connectivity index (χ1) is 9.61. The summed E-state index contributed by atoms with van der Waals surface area (Å²) in [5, 5.41) is 2.96. The van der Waals surface area contributed by atoms with Crippen LogP contribution in [-0.4, -0.2) is 49.6 Å². The van der Waals surface area contributed by atoms with Gasteiger partial charge in [-0.05, 0) is 40.8 Å². The largest absolute Gasteiger partial charge is 0.381 e. The number of amides is 1. The Morgan fingerprint density at radius 2 is 2.25 bits per heavy atom. The SMILES string of the molecule is CNc1ncc(Br)cc1C(=O)N(C)CC1CCOCC1. The Morgan fingerprint density at radius 1 is 1.55 bits per heavy atom. The predicted octanol–water partition coefficient (Wildman–Crippen LogP) is 2.38. The summed E-state index contributed by atoms with van der Waals surface area (Å²) in [7, 11) is 3.61. The van der Waals surface area contributed by atoms with E-state index in [1.54, 1.807) is 18.1 Å². The second kappa shape index (κ2) is 7.04. The fraction of sp³-hybridized carbons (Fsp3) is 0.571. The maximum Gasteiger partial charge on any atom is 0.257 e. The molecule has 0 unspecified atom stereocenters. The number of ether oxygens (including phenoxy) is 1. The van der Waals surface area contributed by atoms with E-state index in [4.69, 9.17) is 4.74 Å². The number of carbonyl (C=O) groups is 1. The van der Waals surface area contributed by atoms with Crippen LogP contribution in [0.4, 0.5) is 5.82 Å². The normalized spacial score (nSPS) is 15.9. The lowest BCUT2D eigenvalue weighted by molar-refractivity contribution is 0.0497. The van der Waals surface area contributed by atoms with E-state index >= 15 is 0 Å². The second-order valence-electron chi connectivity index (χ2n) is 5.04. The van der Waals surface area contributed by atoms with E-state index in [0.717, 1.165) is 37.1 Å². The molecule has 0 saturated carbocycles. The number of aromatic nitrogens is 1. The first-order valence-electron chi connectivity index (χ1n) is 6.78. The molecule has 1 aliphatic heterocycles. The minimum atomic E-state index is -0.00496. The third kappa shape index (κ3) is 3.70. The van der Waals surface area contributed by atoms with Crippen molar-refractivity contribution in [3.63, 3.8) is 0 Å². The smallest absolute Gasteiger partial charge is 0.257 e. The average Bonchev–Trinajstić information content (AvgIpc) is 2.47. The molecule has 2 heterocycles. The molecule has 5 nitrogen and oxygen atoms in total. The lowest BCUT2D eigenvalue weighted by Gasteiger charge is -2.27. The summed E-state index contributed by atoms with van der Waals surface area (Å²) < 4.78 is 6.15. The molecule has 0 radical (unpaired) electrons.